The average molecular weight is 366 g/mol. The van der Waals surface area contributed by atoms with Crippen LogP contribution >= 0.6 is 12.4 Å². The monoisotopic (exact) mass is 365 g/mol. The predicted molar refractivity (Wildman–Crippen MR) is 87.1 cm³/mol. The molecule has 0 aliphatic carbocycles. The van der Waals surface area contributed by atoms with Crippen LogP contribution in [0.1, 0.15) is 12.8 Å². The van der Waals surface area contributed by atoms with E-state index in [1.165, 1.54) is 28.6 Å². The fraction of sp³-hybridized carbons (Fsp3) is 0.538. The Balaban J connectivity index is 0.00000264. The van der Waals surface area contributed by atoms with E-state index in [1.54, 1.807) is 7.11 Å². The molecule has 130 valence electrons. The van der Waals surface area contributed by atoms with Crippen molar-refractivity contribution in [1.82, 2.24) is 4.31 Å². The number of non-ortho nitro benzene ring substituents is 1. The Kier molecular flexibility index (Phi) is 6.90. The summed E-state index contributed by atoms with van der Waals surface area (Å²) in [5.41, 5.74) is 5.55. The Bertz CT molecular complexity index is 638. The number of halogens is 1. The Labute approximate surface area is 141 Å². The third-order valence-electron chi connectivity index (χ3n) is 3.87. The van der Waals surface area contributed by atoms with E-state index in [2.05, 4.69) is 0 Å². The van der Waals surface area contributed by atoms with Crippen molar-refractivity contribution >= 4 is 28.1 Å². The molecule has 0 aromatic heterocycles. The van der Waals surface area contributed by atoms with Gasteiger partial charge in [0.25, 0.3) is 5.69 Å². The largest absolute Gasteiger partial charge is 0.381 e. The van der Waals surface area contributed by atoms with Gasteiger partial charge in [-0.15, -0.1) is 12.4 Å². The van der Waals surface area contributed by atoms with E-state index < -0.39 is 14.9 Å². The Morgan fingerprint density at radius 1 is 1.39 bits per heavy atom. The molecule has 8 nitrogen and oxygen atoms in total. The second kappa shape index (κ2) is 8.02. The van der Waals surface area contributed by atoms with Crippen molar-refractivity contribution in [1.29, 1.82) is 0 Å². The zero-order chi connectivity index (χ0) is 16.3. The lowest BCUT2D eigenvalue weighted by Crippen LogP contribution is -2.51. The summed E-state index contributed by atoms with van der Waals surface area (Å²) in [7, 11) is -2.13. The first-order valence-corrected chi connectivity index (χ1v) is 8.33. The number of hydrogen-bond acceptors (Lipinski definition) is 6. The second-order valence-corrected chi connectivity index (χ2v) is 7.03. The zero-order valence-corrected chi connectivity index (χ0v) is 14.3. The highest BCUT2D eigenvalue weighted by molar-refractivity contribution is 7.89. The molecule has 1 fully saturated rings. The summed E-state index contributed by atoms with van der Waals surface area (Å²) in [5, 5.41) is 10.6. The van der Waals surface area contributed by atoms with Crippen LogP contribution in [-0.2, 0) is 14.8 Å². The smallest absolute Gasteiger partial charge is 0.269 e. The molecule has 0 radical (unpaired) electrons. The number of nitro benzene ring substituents is 1. The molecule has 0 amide bonds. The quantitative estimate of drug-likeness (QED) is 0.618. The maximum absolute atomic E-state index is 12.7. The summed E-state index contributed by atoms with van der Waals surface area (Å²) in [5.74, 6) is 0. The first-order chi connectivity index (χ1) is 10.4. The van der Waals surface area contributed by atoms with E-state index >= 15 is 0 Å². The van der Waals surface area contributed by atoms with Crippen molar-refractivity contribution in [3.05, 3.63) is 34.4 Å². The molecule has 1 aromatic carbocycles. The van der Waals surface area contributed by atoms with Crippen LogP contribution in [-0.4, -0.2) is 50.0 Å². The number of sulfonamides is 1. The Hall–Kier alpha value is -1.26. The number of rotatable bonds is 5. The number of nitro groups is 1. The van der Waals surface area contributed by atoms with Gasteiger partial charge in [-0.25, -0.2) is 8.42 Å². The minimum atomic E-state index is -3.72. The van der Waals surface area contributed by atoms with Crippen molar-refractivity contribution in [2.75, 3.05) is 20.2 Å². The van der Waals surface area contributed by atoms with Crippen LogP contribution in [0.4, 0.5) is 5.69 Å². The summed E-state index contributed by atoms with van der Waals surface area (Å²) in [6.07, 6.45) is 1.13. The molecule has 0 saturated carbocycles. The number of ether oxygens (including phenoxy) is 1. The van der Waals surface area contributed by atoms with Gasteiger partial charge in [-0.2, -0.15) is 4.31 Å². The number of piperidine rings is 1. The van der Waals surface area contributed by atoms with Gasteiger partial charge in [0, 0.05) is 38.4 Å². The maximum Gasteiger partial charge on any atom is 0.269 e. The topological polar surface area (TPSA) is 116 Å². The van der Waals surface area contributed by atoms with Crippen molar-refractivity contribution in [2.24, 2.45) is 5.73 Å². The van der Waals surface area contributed by atoms with E-state index in [1.807, 2.05) is 0 Å². The lowest BCUT2D eigenvalue weighted by atomic mass is 10.0. The normalized spacial score (nSPS) is 22.3. The lowest BCUT2D eigenvalue weighted by Gasteiger charge is -2.37. The summed E-state index contributed by atoms with van der Waals surface area (Å²) in [6, 6.07) is 4.55. The molecule has 1 aromatic rings. The van der Waals surface area contributed by atoms with Crippen LogP contribution in [0.3, 0.4) is 0 Å². The Morgan fingerprint density at radius 2 is 2.00 bits per heavy atom. The van der Waals surface area contributed by atoms with E-state index in [-0.39, 0.29) is 41.7 Å². The summed E-state index contributed by atoms with van der Waals surface area (Å²) >= 11 is 0. The number of nitrogens with zero attached hydrogens (tertiary/aromatic N) is 2. The fourth-order valence-electron chi connectivity index (χ4n) is 2.61. The molecule has 2 N–H and O–H groups in total. The second-order valence-electron chi connectivity index (χ2n) is 5.14. The fourth-order valence-corrected chi connectivity index (χ4v) is 4.27. The number of methoxy groups -OCH3 is 1. The molecule has 0 spiro atoms. The molecule has 1 aliphatic heterocycles. The minimum Gasteiger partial charge on any atom is -0.381 e. The third-order valence-corrected chi connectivity index (χ3v) is 5.84. The van der Waals surface area contributed by atoms with Crippen LogP contribution in [0.15, 0.2) is 29.2 Å². The molecule has 2 atom stereocenters. The molecule has 1 saturated heterocycles. The van der Waals surface area contributed by atoms with Gasteiger partial charge in [-0.05, 0) is 25.0 Å². The SMILES string of the molecule is COC1CCN(S(=O)(=O)c2ccc([N+](=O)[O-])cc2)C(CN)C1.Cl. The van der Waals surface area contributed by atoms with Crippen LogP contribution in [0.2, 0.25) is 0 Å². The summed E-state index contributed by atoms with van der Waals surface area (Å²) < 4.78 is 32.0. The molecular weight excluding hydrogens is 346 g/mol. The van der Waals surface area contributed by atoms with Crippen molar-refractivity contribution in [3.8, 4) is 0 Å². The highest BCUT2D eigenvalue weighted by atomic mass is 35.5. The average Bonchev–Trinajstić information content (AvgIpc) is 2.54. The lowest BCUT2D eigenvalue weighted by molar-refractivity contribution is -0.384. The van der Waals surface area contributed by atoms with Crippen LogP contribution < -0.4 is 5.73 Å². The molecule has 2 rings (SSSR count). The highest BCUT2D eigenvalue weighted by Crippen LogP contribution is 2.27. The van der Waals surface area contributed by atoms with E-state index in [0.29, 0.717) is 19.4 Å². The predicted octanol–water partition coefficient (Wildman–Crippen LogP) is 1.14. The summed E-state index contributed by atoms with van der Waals surface area (Å²) in [4.78, 5) is 10.1. The van der Waals surface area contributed by atoms with Gasteiger partial charge in [-0.3, -0.25) is 10.1 Å². The summed E-state index contributed by atoms with van der Waals surface area (Å²) in [6.45, 7) is 0.520. The van der Waals surface area contributed by atoms with E-state index in [9.17, 15) is 18.5 Å². The number of nitrogens with two attached hydrogens (primary N) is 1. The molecule has 1 heterocycles. The number of hydrogen-bond donors (Lipinski definition) is 1. The van der Waals surface area contributed by atoms with Crippen molar-refractivity contribution in [3.63, 3.8) is 0 Å². The molecule has 2 unspecified atom stereocenters. The molecule has 0 bridgehead atoms. The minimum absolute atomic E-state index is 0. The van der Waals surface area contributed by atoms with Gasteiger partial charge in [-0.1, -0.05) is 0 Å². The maximum atomic E-state index is 12.7. The van der Waals surface area contributed by atoms with Crippen molar-refractivity contribution < 1.29 is 18.1 Å². The van der Waals surface area contributed by atoms with Gasteiger partial charge >= 0.3 is 0 Å². The van der Waals surface area contributed by atoms with Crippen LogP contribution in [0.25, 0.3) is 0 Å². The van der Waals surface area contributed by atoms with E-state index in [4.69, 9.17) is 10.5 Å². The molecular formula is C13H20ClN3O5S. The van der Waals surface area contributed by atoms with Crippen LogP contribution in [0.5, 0.6) is 0 Å². The van der Waals surface area contributed by atoms with Gasteiger partial charge in [0.15, 0.2) is 0 Å². The van der Waals surface area contributed by atoms with Gasteiger partial charge in [0.05, 0.1) is 15.9 Å². The van der Waals surface area contributed by atoms with Gasteiger partial charge in [0.2, 0.25) is 10.0 Å². The zero-order valence-electron chi connectivity index (χ0n) is 12.6. The molecule has 23 heavy (non-hydrogen) atoms. The molecule has 10 heteroatoms. The van der Waals surface area contributed by atoms with Crippen molar-refractivity contribution in [2.45, 2.75) is 29.9 Å². The molecule has 1 aliphatic rings. The highest BCUT2D eigenvalue weighted by Gasteiger charge is 2.36. The van der Waals surface area contributed by atoms with Gasteiger partial charge in [0.1, 0.15) is 0 Å². The van der Waals surface area contributed by atoms with Gasteiger partial charge < -0.3 is 10.5 Å². The third kappa shape index (κ3) is 4.18. The Morgan fingerprint density at radius 3 is 2.48 bits per heavy atom. The first-order valence-electron chi connectivity index (χ1n) is 6.89. The first kappa shape index (κ1) is 19.8. The number of benzene rings is 1. The van der Waals surface area contributed by atoms with Crippen LogP contribution in [0, 0.1) is 10.1 Å². The van der Waals surface area contributed by atoms with E-state index in [0.717, 1.165) is 0 Å². The standard InChI is InChI=1S/C13H19N3O5S.ClH/c1-21-12-6-7-15(11(8-12)9-14)22(19,20)13-4-2-10(3-5-13)16(17)18;/h2-5,11-12H,6-9,14H2,1H3;1H.